The van der Waals surface area contributed by atoms with Gasteiger partial charge in [-0.3, -0.25) is 0 Å². The number of hydrogen-bond acceptors (Lipinski definition) is 0. The Morgan fingerprint density at radius 1 is 1.29 bits per heavy atom. The molecule has 1 aliphatic rings. The third kappa shape index (κ3) is 4.63. The summed E-state index contributed by atoms with van der Waals surface area (Å²) < 4.78 is 1.15. The molecular formula is C15H20BrCl. The minimum atomic E-state index is 0.296. The number of halogens is 2. The molecule has 1 aliphatic carbocycles. The van der Waals surface area contributed by atoms with Gasteiger partial charge in [0, 0.05) is 9.85 Å². The molecule has 2 heteroatoms. The zero-order valence-corrected chi connectivity index (χ0v) is 12.5. The third-order valence-corrected chi connectivity index (χ3v) is 4.57. The van der Waals surface area contributed by atoms with E-state index in [0.717, 1.165) is 16.8 Å². The number of benzene rings is 1. The standard InChI is InChI=1S/C15H20BrCl/c16-14-7-3-6-13(10-14)11-15(17)9-8-12-4-1-2-5-12/h3,6-7,10,12,15H,1-2,4-5,8-9,11H2. The first-order valence-electron chi connectivity index (χ1n) is 6.62. The SMILES string of the molecule is ClC(CCC1CCCC1)Cc1cccc(Br)c1. The monoisotopic (exact) mass is 314 g/mol. The predicted octanol–water partition coefficient (Wildman–Crippen LogP) is 5.57. The molecule has 0 aliphatic heterocycles. The first-order valence-corrected chi connectivity index (χ1v) is 7.85. The van der Waals surface area contributed by atoms with E-state index in [2.05, 4.69) is 40.2 Å². The molecule has 0 aromatic heterocycles. The summed E-state index contributed by atoms with van der Waals surface area (Å²) in [6.07, 6.45) is 9.21. The zero-order chi connectivity index (χ0) is 12.1. The maximum Gasteiger partial charge on any atom is 0.0376 e. The second-order valence-corrected chi connectivity index (χ2v) is 6.69. The van der Waals surface area contributed by atoms with E-state index >= 15 is 0 Å². The Hall–Kier alpha value is -0.0100. The van der Waals surface area contributed by atoms with Gasteiger partial charge in [0.1, 0.15) is 0 Å². The quantitative estimate of drug-likeness (QED) is 0.623. The van der Waals surface area contributed by atoms with E-state index in [1.165, 1.54) is 44.1 Å². The Labute approximate surface area is 118 Å². The van der Waals surface area contributed by atoms with Gasteiger partial charge < -0.3 is 0 Å². The molecule has 0 bridgehead atoms. The minimum Gasteiger partial charge on any atom is -0.123 e. The van der Waals surface area contributed by atoms with Crippen molar-refractivity contribution in [2.75, 3.05) is 0 Å². The molecule has 1 aromatic rings. The van der Waals surface area contributed by atoms with Gasteiger partial charge in [0.15, 0.2) is 0 Å². The van der Waals surface area contributed by atoms with Gasteiger partial charge in [-0.05, 0) is 42.9 Å². The number of hydrogen-bond donors (Lipinski definition) is 0. The fourth-order valence-electron chi connectivity index (χ4n) is 2.74. The topological polar surface area (TPSA) is 0 Å². The molecule has 1 saturated carbocycles. The van der Waals surface area contributed by atoms with Gasteiger partial charge in [0.25, 0.3) is 0 Å². The fourth-order valence-corrected chi connectivity index (χ4v) is 3.49. The molecule has 1 unspecified atom stereocenters. The molecule has 0 spiro atoms. The van der Waals surface area contributed by atoms with Crippen molar-refractivity contribution in [3.05, 3.63) is 34.3 Å². The van der Waals surface area contributed by atoms with Crippen molar-refractivity contribution in [1.82, 2.24) is 0 Å². The van der Waals surface area contributed by atoms with Crippen LogP contribution in [-0.4, -0.2) is 5.38 Å². The molecule has 0 radical (unpaired) electrons. The molecule has 0 saturated heterocycles. The Morgan fingerprint density at radius 3 is 2.76 bits per heavy atom. The summed E-state index contributed by atoms with van der Waals surface area (Å²) in [5.74, 6) is 0.957. The van der Waals surface area contributed by atoms with Crippen LogP contribution in [0.5, 0.6) is 0 Å². The van der Waals surface area contributed by atoms with Crippen LogP contribution in [0.3, 0.4) is 0 Å². The third-order valence-electron chi connectivity index (χ3n) is 3.71. The van der Waals surface area contributed by atoms with E-state index < -0.39 is 0 Å². The van der Waals surface area contributed by atoms with E-state index in [9.17, 15) is 0 Å². The van der Waals surface area contributed by atoms with Crippen LogP contribution >= 0.6 is 27.5 Å². The summed E-state index contributed by atoms with van der Waals surface area (Å²) in [6.45, 7) is 0. The van der Waals surface area contributed by atoms with Crippen molar-refractivity contribution in [3.8, 4) is 0 Å². The molecule has 0 amide bonds. The Balaban J connectivity index is 1.74. The van der Waals surface area contributed by atoms with E-state index in [1.807, 2.05) is 0 Å². The van der Waals surface area contributed by atoms with E-state index in [-0.39, 0.29) is 0 Å². The normalized spacial score (nSPS) is 18.5. The Bertz CT molecular complexity index is 345. The maximum atomic E-state index is 6.43. The maximum absolute atomic E-state index is 6.43. The summed E-state index contributed by atoms with van der Waals surface area (Å²) in [5, 5.41) is 0.296. The lowest BCUT2D eigenvalue weighted by Gasteiger charge is -2.13. The van der Waals surface area contributed by atoms with Gasteiger partial charge in [0.05, 0.1) is 0 Å². The summed E-state index contributed by atoms with van der Waals surface area (Å²) >= 11 is 9.93. The van der Waals surface area contributed by atoms with Crippen LogP contribution in [0.4, 0.5) is 0 Å². The average Bonchev–Trinajstić information content (AvgIpc) is 2.79. The molecule has 0 nitrogen and oxygen atoms in total. The molecule has 1 aromatic carbocycles. The Kier molecular flexibility index (Phi) is 5.37. The fraction of sp³-hybridized carbons (Fsp3) is 0.600. The summed E-state index contributed by atoms with van der Waals surface area (Å²) in [4.78, 5) is 0. The molecule has 17 heavy (non-hydrogen) atoms. The van der Waals surface area contributed by atoms with E-state index in [4.69, 9.17) is 11.6 Å². The van der Waals surface area contributed by atoms with E-state index in [1.54, 1.807) is 0 Å². The van der Waals surface area contributed by atoms with E-state index in [0.29, 0.717) is 5.38 Å². The highest BCUT2D eigenvalue weighted by atomic mass is 79.9. The Morgan fingerprint density at radius 2 is 2.06 bits per heavy atom. The van der Waals surface area contributed by atoms with Gasteiger partial charge in [-0.2, -0.15) is 0 Å². The minimum absolute atomic E-state index is 0.296. The van der Waals surface area contributed by atoms with Crippen molar-refractivity contribution >= 4 is 27.5 Å². The average molecular weight is 316 g/mol. The van der Waals surface area contributed by atoms with Gasteiger partial charge in [-0.1, -0.05) is 53.7 Å². The smallest absolute Gasteiger partial charge is 0.0376 e. The first-order chi connectivity index (χ1) is 8.24. The van der Waals surface area contributed by atoms with Crippen LogP contribution in [0, 0.1) is 5.92 Å². The van der Waals surface area contributed by atoms with Crippen molar-refractivity contribution < 1.29 is 0 Å². The summed E-state index contributed by atoms with van der Waals surface area (Å²) in [5.41, 5.74) is 1.34. The largest absolute Gasteiger partial charge is 0.123 e. The molecule has 1 fully saturated rings. The first kappa shape index (κ1) is 13.4. The molecule has 0 N–H and O–H groups in total. The summed E-state index contributed by atoms with van der Waals surface area (Å²) in [7, 11) is 0. The second kappa shape index (κ2) is 6.80. The van der Waals surface area contributed by atoms with Crippen LogP contribution in [-0.2, 0) is 6.42 Å². The lowest BCUT2D eigenvalue weighted by atomic mass is 9.98. The molecule has 94 valence electrons. The molecule has 2 rings (SSSR count). The number of rotatable bonds is 5. The van der Waals surface area contributed by atoms with Crippen molar-refractivity contribution in [2.45, 2.75) is 50.3 Å². The van der Waals surface area contributed by atoms with Crippen LogP contribution in [0.2, 0.25) is 0 Å². The predicted molar refractivity (Wildman–Crippen MR) is 78.7 cm³/mol. The van der Waals surface area contributed by atoms with Crippen LogP contribution in [0.25, 0.3) is 0 Å². The van der Waals surface area contributed by atoms with Crippen molar-refractivity contribution in [3.63, 3.8) is 0 Å². The highest BCUT2D eigenvalue weighted by Gasteiger charge is 2.16. The summed E-state index contributed by atoms with van der Waals surface area (Å²) in [6, 6.07) is 8.48. The highest BCUT2D eigenvalue weighted by Crippen LogP contribution is 2.30. The highest BCUT2D eigenvalue weighted by molar-refractivity contribution is 9.10. The van der Waals surface area contributed by atoms with Gasteiger partial charge in [-0.15, -0.1) is 11.6 Å². The van der Waals surface area contributed by atoms with Crippen molar-refractivity contribution in [1.29, 1.82) is 0 Å². The lowest BCUT2D eigenvalue weighted by molar-refractivity contribution is 0.476. The number of alkyl halides is 1. The van der Waals surface area contributed by atoms with Crippen molar-refractivity contribution in [2.24, 2.45) is 5.92 Å². The van der Waals surface area contributed by atoms with Crippen LogP contribution < -0.4 is 0 Å². The second-order valence-electron chi connectivity index (χ2n) is 5.16. The molecule has 0 heterocycles. The van der Waals surface area contributed by atoms with Gasteiger partial charge in [-0.25, -0.2) is 0 Å². The van der Waals surface area contributed by atoms with Gasteiger partial charge >= 0.3 is 0 Å². The van der Waals surface area contributed by atoms with Gasteiger partial charge in [0.2, 0.25) is 0 Å². The van der Waals surface area contributed by atoms with Crippen LogP contribution in [0.1, 0.15) is 44.1 Å². The lowest BCUT2D eigenvalue weighted by Crippen LogP contribution is -2.06. The molecular weight excluding hydrogens is 296 g/mol. The zero-order valence-electron chi connectivity index (χ0n) is 10.2. The molecule has 1 atom stereocenters. The van der Waals surface area contributed by atoms with Crippen LogP contribution in [0.15, 0.2) is 28.7 Å².